The van der Waals surface area contributed by atoms with Gasteiger partial charge in [0, 0.05) is 12.1 Å². The largest absolute Gasteiger partial charge is 0.454 e. The second kappa shape index (κ2) is 6.80. The van der Waals surface area contributed by atoms with Gasteiger partial charge in [0.15, 0.2) is 11.5 Å². The van der Waals surface area contributed by atoms with E-state index in [1.807, 2.05) is 56.3 Å². The van der Waals surface area contributed by atoms with Crippen LogP contribution in [0, 0.1) is 13.8 Å². The van der Waals surface area contributed by atoms with Gasteiger partial charge in [0.25, 0.3) is 5.91 Å². The number of fused-ring (bicyclic) bond motifs is 1. The molecule has 0 aliphatic carbocycles. The van der Waals surface area contributed by atoms with Gasteiger partial charge in [0.05, 0.1) is 5.69 Å². The summed E-state index contributed by atoms with van der Waals surface area (Å²) in [5, 5.41) is 3.81. The summed E-state index contributed by atoms with van der Waals surface area (Å²) in [6.45, 7) is 4.58. The first-order chi connectivity index (χ1) is 12.6. The Labute approximate surface area is 155 Å². The predicted octanol–water partition coefficient (Wildman–Crippen LogP) is 4.09. The monoisotopic (exact) mass is 366 g/mol. The molecule has 132 valence electrons. The summed E-state index contributed by atoms with van der Waals surface area (Å²) in [4.78, 5) is 17.8. The number of rotatable bonds is 4. The van der Waals surface area contributed by atoms with Crippen LogP contribution >= 0.6 is 11.3 Å². The molecule has 0 unspecified atom stereocenters. The molecule has 0 saturated carbocycles. The zero-order chi connectivity index (χ0) is 18.1. The van der Waals surface area contributed by atoms with Crippen LogP contribution in [-0.2, 0) is 6.54 Å². The van der Waals surface area contributed by atoms with Crippen molar-refractivity contribution < 1.29 is 14.3 Å². The molecule has 3 aromatic rings. The highest BCUT2D eigenvalue weighted by molar-refractivity contribution is 7.17. The standard InChI is InChI=1S/C20H18N2O3S/c1-12-3-6-15(7-4-12)20-22-13(2)18(26-20)19(23)21-10-14-5-8-16-17(9-14)25-11-24-16/h3-9H,10-11H2,1-2H3,(H,21,23). The number of nitrogens with zero attached hydrogens (tertiary/aromatic N) is 1. The van der Waals surface area contributed by atoms with Crippen LogP contribution in [-0.4, -0.2) is 17.7 Å². The lowest BCUT2D eigenvalue weighted by Crippen LogP contribution is -2.22. The lowest BCUT2D eigenvalue weighted by atomic mass is 10.2. The molecule has 2 aromatic carbocycles. The number of aromatic nitrogens is 1. The fourth-order valence-electron chi connectivity index (χ4n) is 2.74. The van der Waals surface area contributed by atoms with Gasteiger partial charge in [-0.1, -0.05) is 35.9 Å². The predicted molar refractivity (Wildman–Crippen MR) is 101 cm³/mol. The molecule has 0 radical (unpaired) electrons. The van der Waals surface area contributed by atoms with Crippen LogP contribution < -0.4 is 14.8 Å². The first kappa shape index (κ1) is 16.6. The highest BCUT2D eigenvalue weighted by atomic mass is 32.1. The SMILES string of the molecule is Cc1ccc(-c2nc(C)c(C(=O)NCc3ccc4c(c3)OCO4)s2)cc1. The third-order valence-electron chi connectivity index (χ3n) is 4.19. The fourth-order valence-corrected chi connectivity index (χ4v) is 3.73. The number of hydrogen-bond acceptors (Lipinski definition) is 5. The van der Waals surface area contributed by atoms with E-state index < -0.39 is 0 Å². The van der Waals surface area contributed by atoms with Crippen LogP contribution in [0.15, 0.2) is 42.5 Å². The minimum Gasteiger partial charge on any atom is -0.454 e. The van der Waals surface area contributed by atoms with Gasteiger partial charge in [-0.2, -0.15) is 0 Å². The number of thiazole rings is 1. The van der Waals surface area contributed by atoms with Crippen molar-refractivity contribution in [2.24, 2.45) is 0 Å². The summed E-state index contributed by atoms with van der Waals surface area (Å²) in [6, 6.07) is 13.8. The highest BCUT2D eigenvalue weighted by Gasteiger charge is 2.17. The summed E-state index contributed by atoms with van der Waals surface area (Å²) in [7, 11) is 0. The Morgan fingerprint density at radius 1 is 1.12 bits per heavy atom. The molecule has 1 amide bonds. The number of carbonyl (C=O) groups is 1. The quantitative estimate of drug-likeness (QED) is 0.756. The van der Waals surface area contributed by atoms with Crippen molar-refractivity contribution in [3.05, 3.63) is 64.2 Å². The van der Waals surface area contributed by atoms with Crippen molar-refractivity contribution in [1.29, 1.82) is 0 Å². The molecule has 0 spiro atoms. The third kappa shape index (κ3) is 3.28. The number of amides is 1. The van der Waals surface area contributed by atoms with Gasteiger partial charge in [-0.15, -0.1) is 11.3 Å². The van der Waals surface area contributed by atoms with E-state index in [0.717, 1.165) is 27.6 Å². The summed E-state index contributed by atoms with van der Waals surface area (Å²) in [6.07, 6.45) is 0. The molecule has 4 rings (SSSR count). The third-order valence-corrected chi connectivity index (χ3v) is 5.40. The maximum absolute atomic E-state index is 12.6. The van der Waals surface area contributed by atoms with Crippen molar-refractivity contribution in [1.82, 2.24) is 10.3 Å². The van der Waals surface area contributed by atoms with Crippen molar-refractivity contribution >= 4 is 17.2 Å². The molecule has 0 fully saturated rings. The Balaban J connectivity index is 1.47. The topological polar surface area (TPSA) is 60.5 Å². The zero-order valence-corrected chi connectivity index (χ0v) is 15.4. The van der Waals surface area contributed by atoms with E-state index in [9.17, 15) is 4.79 Å². The maximum atomic E-state index is 12.6. The number of nitrogens with one attached hydrogen (secondary N) is 1. The second-order valence-corrected chi connectivity index (χ2v) is 7.17. The second-order valence-electron chi connectivity index (χ2n) is 6.17. The number of aryl methyl sites for hydroxylation is 2. The first-order valence-corrected chi connectivity index (χ1v) is 9.13. The van der Waals surface area contributed by atoms with Crippen LogP contribution in [0.5, 0.6) is 11.5 Å². The Bertz CT molecular complexity index is 964. The molecular formula is C20H18N2O3S. The van der Waals surface area contributed by atoms with Crippen LogP contribution in [0.3, 0.4) is 0 Å². The van der Waals surface area contributed by atoms with Gasteiger partial charge in [0.2, 0.25) is 6.79 Å². The molecule has 1 aliphatic rings. The van der Waals surface area contributed by atoms with Crippen LogP contribution in [0.4, 0.5) is 0 Å². The summed E-state index contributed by atoms with van der Waals surface area (Å²) < 4.78 is 10.7. The lowest BCUT2D eigenvalue weighted by molar-refractivity contribution is 0.0954. The maximum Gasteiger partial charge on any atom is 0.263 e. The molecule has 1 aromatic heterocycles. The van der Waals surface area contributed by atoms with Crippen molar-refractivity contribution in [3.63, 3.8) is 0 Å². The zero-order valence-electron chi connectivity index (χ0n) is 14.5. The van der Waals surface area contributed by atoms with E-state index in [0.29, 0.717) is 17.2 Å². The van der Waals surface area contributed by atoms with E-state index in [4.69, 9.17) is 9.47 Å². The normalized spacial score (nSPS) is 12.2. The highest BCUT2D eigenvalue weighted by Crippen LogP contribution is 2.32. The van der Waals surface area contributed by atoms with E-state index in [1.54, 1.807) is 0 Å². The molecule has 1 N–H and O–H groups in total. The van der Waals surface area contributed by atoms with Crippen molar-refractivity contribution in [3.8, 4) is 22.1 Å². The van der Waals surface area contributed by atoms with Gasteiger partial charge in [-0.25, -0.2) is 4.98 Å². The molecular weight excluding hydrogens is 348 g/mol. The molecule has 0 saturated heterocycles. The molecule has 0 atom stereocenters. The van der Waals surface area contributed by atoms with E-state index in [-0.39, 0.29) is 12.7 Å². The summed E-state index contributed by atoms with van der Waals surface area (Å²) in [5.41, 5.74) is 3.93. The van der Waals surface area contributed by atoms with Gasteiger partial charge in [0.1, 0.15) is 9.88 Å². The molecule has 0 bridgehead atoms. The molecule has 26 heavy (non-hydrogen) atoms. The average Bonchev–Trinajstić information content (AvgIpc) is 3.26. The van der Waals surface area contributed by atoms with Crippen LogP contribution in [0.25, 0.3) is 10.6 Å². The van der Waals surface area contributed by atoms with E-state index >= 15 is 0 Å². The van der Waals surface area contributed by atoms with E-state index in [2.05, 4.69) is 10.3 Å². The Kier molecular flexibility index (Phi) is 4.34. The minimum absolute atomic E-state index is 0.115. The van der Waals surface area contributed by atoms with E-state index in [1.165, 1.54) is 16.9 Å². The van der Waals surface area contributed by atoms with Gasteiger partial charge < -0.3 is 14.8 Å². The number of carbonyl (C=O) groups excluding carboxylic acids is 1. The summed E-state index contributed by atoms with van der Waals surface area (Å²) in [5.74, 6) is 1.34. The van der Waals surface area contributed by atoms with Gasteiger partial charge in [-0.05, 0) is 31.5 Å². The Hall–Kier alpha value is -2.86. The van der Waals surface area contributed by atoms with Crippen molar-refractivity contribution in [2.45, 2.75) is 20.4 Å². The van der Waals surface area contributed by atoms with Crippen molar-refractivity contribution in [2.75, 3.05) is 6.79 Å². The number of benzene rings is 2. The molecule has 6 heteroatoms. The molecule has 1 aliphatic heterocycles. The minimum atomic E-state index is -0.115. The fraction of sp³-hybridized carbons (Fsp3) is 0.200. The molecule has 2 heterocycles. The number of hydrogen-bond donors (Lipinski definition) is 1. The van der Waals surface area contributed by atoms with Crippen LogP contribution in [0.2, 0.25) is 0 Å². The molecule has 5 nitrogen and oxygen atoms in total. The Morgan fingerprint density at radius 2 is 1.88 bits per heavy atom. The number of ether oxygens (including phenoxy) is 2. The summed E-state index contributed by atoms with van der Waals surface area (Å²) >= 11 is 1.41. The average molecular weight is 366 g/mol. The van der Waals surface area contributed by atoms with Crippen LogP contribution in [0.1, 0.15) is 26.5 Å². The Morgan fingerprint density at radius 3 is 2.69 bits per heavy atom. The van der Waals surface area contributed by atoms with Gasteiger partial charge >= 0.3 is 0 Å². The first-order valence-electron chi connectivity index (χ1n) is 8.31. The lowest BCUT2D eigenvalue weighted by Gasteiger charge is -2.05. The smallest absolute Gasteiger partial charge is 0.263 e. The van der Waals surface area contributed by atoms with Gasteiger partial charge in [-0.3, -0.25) is 4.79 Å².